The van der Waals surface area contributed by atoms with Crippen LogP contribution in [0.4, 0.5) is 14.6 Å². The molecular weight excluding hydrogens is 432 g/mol. The van der Waals surface area contributed by atoms with Crippen LogP contribution >= 0.6 is 0 Å². The van der Waals surface area contributed by atoms with Crippen LogP contribution in [-0.4, -0.2) is 61.0 Å². The summed E-state index contributed by atoms with van der Waals surface area (Å²) < 4.78 is 39.1. The van der Waals surface area contributed by atoms with E-state index in [1.807, 2.05) is 11.0 Å². The number of nitrogens with one attached hydrogen (secondary N) is 2. The highest BCUT2D eigenvalue weighted by Crippen LogP contribution is 2.42. The van der Waals surface area contributed by atoms with E-state index >= 15 is 0 Å². The zero-order chi connectivity index (χ0) is 23.0. The molecule has 2 aliphatic rings. The highest BCUT2D eigenvalue weighted by atomic mass is 19.3. The normalized spacial score (nSPS) is 17.2. The van der Waals surface area contributed by atoms with Crippen molar-refractivity contribution in [1.82, 2.24) is 20.5 Å². The number of ether oxygens (including phenoxy) is 2. The Hall–Kier alpha value is -3.27. The fraction of sp³-hybridized carbons (Fsp3) is 0.435. The third-order valence-electron chi connectivity index (χ3n) is 6.30. The Bertz CT molecular complexity index is 1190. The maximum atomic E-state index is 14.0. The Balaban J connectivity index is 1.37. The predicted molar refractivity (Wildman–Crippen MR) is 118 cm³/mol. The fourth-order valence-corrected chi connectivity index (χ4v) is 4.64. The van der Waals surface area contributed by atoms with Gasteiger partial charge in [-0.3, -0.25) is 9.89 Å². The smallest absolute Gasteiger partial charge is 0.273 e. The van der Waals surface area contributed by atoms with Gasteiger partial charge >= 0.3 is 0 Å². The third-order valence-corrected chi connectivity index (χ3v) is 6.30. The summed E-state index contributed by atoms with van der Waals surface area (Å²) in [4.78, 5) is 19.7. The lowest BCUT2D eigenvalue weighted by Crippen LogP contribution is -2.37. The Morgan fingerprint density at radius 2 is 2.15 bits per heavy atom. The number of aromatic nitrogens is 3. The van der Waals surface area contributed by atoms with Crippen LogP contribution in [0.2, 0.25) is 0 Å². The SMILES string of the molecule is COc1c(N2CCOCC2)nc(C(=O)NCCc2cccc3c2CCC3(F)F)c2n[nH]cc12. The minimum atomic E-state index is -2.77. The number of alkyl halides is 2. The van der Waals surface area contributed by atoms with Crippen LogP contribution in [0.3, 0.4) is 0 Å². The van der Waals surface area contributed by atoms with E-state index in [0.29, 0.717) is 73.7 Å². The van der Waals surface area contributed by atoms with E-state index in [-0.39, 0.29) is 23.6 Å². The minimum absolute atomic E-state index is 0.108. The molecule has 33 heavy (non-hydrogen) atoms. The Labute approximate surface area is 189 Å². The second-order valence-corrected chi connectivity index (χ2v) is 8.22. The number of carbonyl (C=O) groups is 1. The molecule has 5 rings (SSSR count). The fourth-order valence-electron chi connectivity index (χ4n) is 4.64. The standard InChI is InChI=1S/C23H25F2N5O3/c1-32-20-16-13-27-29-18(16)19(28-21(20)30-9-11-33-12-10-30)22(31)26-8-6-14-3-2-4-17-15(14)5-7-23(17,24)25/h2-4,13H,5-12H2,1H3,(H,26,31)(H,27,29). The molecule has 1 amide bonds. The molecule has 0 bridgehead atoms. The van der Waals surface area contributed by atoms with Crippen molar-refractivity contribution >= 4 is 22.6 Å². The van der Waals surface area contributed by atoms with Gasteiger partial charge in [0.15, 0.2) is 17.3 Å². The maximum Gasteiger partial charge on any atom is 0.273 e. The summed E-state index contributed by atoms with van der Waals surface area (Å²) in [6.45, 7) is 2.70. The van der Waals surface area contributed by atoms with Gasteiger partial charge in [0, 0.05) is 37.8 Å². The molecule has 0 atom stereocenters. The summed E-state index contributed by atoms with van der Waals surface area (Å²) in [7, 11) is 1.56. The highest BCUT2D eigenvalue weighted by Gasteiger charge is 2.39. The van der Waals surface area contributed by atoms with Gasteiger partial charge in [0.25, 0.3) is 11.8 Å². The van der Waals surface area contributed by atoms with Crippen molar-refractivity contribution in [3.05, 3.63) is 46.8 Å². The molecule has 3 aromatic rings. The Morgan fingerprint density at radius 3 is 2.94 bits per heavy atom. The van der Waals surface area contributed by atoms with Gasteiger partial charge in [-0.25, -0.2) is 13.8 Å². The van der Waals surface area contributed by atoms with Gasteiger partial charge in [0.2, 0.25) is 0 Å². The van der Waals surface area contributed by atoms with Crippen molar-refractivity contribution in [2.75, 3.05) is 44.9 Å². The molecule has 174 valence electrons. The number of aromatic amines is 1. The summed E-state index contributed by atoms with van der Waals surface area (Å²) in [5.74, 6) is -2.02. The molecule has 2 aromatic heterocycles. The first kappa shape index (κ1) is 21.6. The first-order valence-corrected chi connectivity index (χ1v) is 11.0. The molecule has 0 radical (unpaired) electrons. The van der Waals surface area contributed by atoms with Crippen molar-refractivity contribution in [3.8, 4) is 5.75 Å². The van der Waals surface area contributed by atoms with Gasteiger partial charge in [-0.15, -0.1) is 0 Å². The summed E-state index contributed by atoms with van der Waals surface area (Å²) in [5, 5.41) is 10.6. The van der Waals surface area contributed by atoms with E-state index in [1.54, 1.807) is 19.4 Å². The lowest BCUT2D eigenvalue weighted by Gasteiger charge is -2.29. The number of methoxy groups -OCH3 is 1. The molecule has 1 aromatic carbocycles. The average Bonchev–Trinajstić information content (AvgIpc) is 3.43. The quantitative estimate of drug-likeness (QED) is 0.592. The molecule has 3 heterocycles. The van der Waals surface area contributed by atoms with Gasteiger partial charge in [0.1, 0.15) is 5.52 Å². The monoisotopic (exact) mass is 457 g/mol. The molecule has 1 saturated heterocycles. The molecule has 8 nitrogen and oxygen atoms in total. The van der Waals surface area contributed by atoms with Crippen molar-refractivity contribution in [2.24, 2.45) is 0 Å². The van der Waals surface area contributed by atoms with Crippen LogP contribution in [0.25, 0.3) is 10.9 Å². The summed E-state index contributed by atoms with van der Waals surface area (Å²) in [6, 6.07) is 5.00. The number of fused-ring (bicyclic) bond motifs is 2. The van der Waals surface area contributed by atoms with Gasteiger partial charge in [-0.2, -0.15) is 5.10 Å². The third kappa shape index (κ3) is 3.88. The van der Waals surface area contributed by atoms with E-state index < -0.39 is 5.92 Å². The summed E-state index contributed by atoms with van der Waals surface area (Å²) >= 11 is 0. The summed E-state index contributed by atoms with van der Waals surface area (Å²) in [6.07, 6.45) is 2.33. The van der Waals surface area contributed by atoms with E-state index in [0.717, 1.165) is 5.56 Å². The Morgan fingerprint density at radius 1 is 1.33 bits per heavy atom. The number of hydrogen-bond acceptors (Lipinski definition) is 6. The second-order valence-electron chi connectivity index (χ2n) is 8.22. The minimum Gasteiger partial charge on any atom is -0.492 e. The number of anilines is 1. The molecule has 10 heteroatoms. The number of carbonyl (C=O) groups excluding carboxylic acids is 1. The van der Waals surface area contributed by atoms with Crippen molar-refractivity contribution in [1.29, 1.82) is 0 Å². The van der Waals surface area contributed by atoms with Crippen molar-refractivity contribution < 1.29 is 23.0 Å². The van der Waals surface area contributed by atoms with Crippen LogP contribution in [0.15, 0.2) is 24.4 Å². The number of H-pyrrole nitrogens is 1. The maximum absolute atomic E-state index is 14.0. The van der Waals surface area contributed by atoms with Crippen LogP contribution in [0, 0.1) is 0 Å². The summed E-state index contributed by atoms with van der Waals surface area (Å²) in [5.41, 5.74) is 2.26. The molecule has 1 aliphatic heterocycles. The lowest BCUT2D eigenvalue weighted by atomic mass is 10.0. The average molecular weight is 457 g/mol. The van der Waals surface area contributed by atoms with Crippen LogP contribution in [-0.2, 0) is 23.5 Å². The molecule has 0 unspecified atom stereocenters. The van der Waals surface area contributed by atoms with E-state index in [4.69, 9.17) is 9.47 Å². The van der Waals surface area contributed by atoms with Crippen molar-refractivity contribution in [2.45, 2.75) is 25.2 Å². The number of benzene rings is 1. The largest absolute Gasteiger partial charge is 0.492 e. The molecule has 2 N–H and O–H groups in total. The topological polar surface area (TPSA) is 92.4 Å². The Kier molecular flexibility index (Phi) is 5.61. The van der Waals surface area contributed by atoms with E-state index in [2.05, 4.69) is 20.5 Å². The van der Waals surface area contributed by atoms with Crippen LogP contribution in [0.5, 0.6) is 5.75 Å². The second kappa shape index (κ2) is 8.58. The van der Waals surface area contributed by atoms with Crippen LogP contribution < -0.4 is 15.0 Å². The molecule has 1 fully saturated rings. The molecule has 1 aliphatic carbocycles. The van der Waals surface area contributed by atoms with Crippen molar-refractivity contribution in [3.63, 3.8) is 0 Å². The van der Waals surface area contributed by atoms with Crippen LogP contribution in [0.1, 0.15) is 33.6 Å². The molecule has 0 saturated carbocycles. The number of halogens is 2. The van der Waals surface area contributed by atoms with Gasteiger partial charge < -0.3 is 19.7 Å². The first-order valence-electron chi connectivity index (χ1n) is 11.0. The number of hydrogen-bond donors (Lipinski definition) is 2. The number of rotatable bonds is 6. The number of pyridine rings is 1. The van der Waals surface area contributed by atoms with Gasteiger partial charge in [-0.1, -0.05) is 18.2 Å². The number of morpholine rings is 1. The number of nitrogens with zero attached hydrogens (tertiary/aromatic N) is 3. The first-order chi connectivity index (χ1) is 16.0. The van der Waals surface area contributed by atoms with E-state index in [1.165, 1.54) is 6.07 Å². The van der Waals surface area contributed by atoms with Gasteiger partial charge in [-0.05, 0) is 24.0 Å². The lowest BCUT2D eigenvalue weighted by molar-refractivity contribution is -0.00185. The number of amides is 1. The molecular formula is C23H25F2N5O3. The molecule has 0 spiro atoms. The highest BCUT2D eigenvalue weighted by molar-refractivity contribution is 6.06. The van der Waals surface area contributed by atoms with E-state index in [9.17, 15) is 13.6 Å². The zero-order valence-corrected chi connectivity index (χ0v) is 18.3. The zero-order valence-electron chi connectivity index (χ0n) is 18.3. The predicted octanol–water partition coefficient (Wildman–Crippen LogP) is 2.81. The van der Waals surface area contributed by atoms with Gasteiger partial charge in [0.05, 0.1) is 25.7 Å².